The molecule has 2 aromatic rings. The summed E-state index contributed by atoms with van der Waals surface area (Å²) >= 11 is 0. The summed E-state index contributed by atoms with van der Waals surface area (Å²) in [4.78, 5) is 13.3. The summed E-state index contributed by atoms with van der Waals surface area (Å²) in [5.74, 6) is 1.08. The minimum Gasteiger partial charge on any atom is -0.445 e. The lowest BCUT2D eigenvalue weighted by Gasteiger charge is -2.23. The van der Waals surface area contributed by atoms with Crippen molar-refractivity contribution in [3.8, 4) is 12.3 Å². The van der Waals surface area contributed by atoms with Gasteiger partial charge in [-0.2, -0.15) is 0 Å². The van der Waals surface area contributed by atoms with E-state index in [9.17, 15) is 13.6 Å². The third-order valence-corrected chi connectivity index (χ3v) is 3.58. The first-order valence-electron chi connectivity index (χ1n) is 7.35. The first-order valence-corrected chi connectivity index (χ1v) is 7.35. The highest BCUT2D eigenvalue weighted by molar-refractivity contribution is 5.68. The predicted molar refractivity (Wildman–Crippen MR) is 87.1 cm³/mol. The molecular formula is C19H17F2NO2. The van der Waals surface area contributed by atoms with Gasteiger partial charge in [-0.3, -0.25) is 4.90 Å². The Bertz CT molecular complexity index is 741. The molecule has 1 unspecified atom stereocenters. The van der Waals surface area contributed by atoms with E-state index in [1.165, 1.54) is 18.0 Å². The van der Waals surface area contributed by atoms with E-state index >= 15 is 0 Å². The van der Waals surface area contributed by atoms with E-state index < -0.39 is 23.8 Å². The Morgan fingerprint density at radius 1 is 1.25 bits per heavy atom. The molecule has 0 saturated carbocycles. The van der Waals surface area contributed by atoms with Crippen LogP contribution in [0.15, 0.2) is 48.5 Å². The molecule has 124 valence electrons. The van der Waals surface area contributed by atoms with E-state index in [0.29, 0.717) is 0 Å². The first-order chi connectivity index (χ1) is 11.5. The van der Waals surface area contributed by atoms with Crippen LogP contribution in [0.1, 0.15) is 11.1 Å². The van der Waals surface area contributed by atoms with Crippen LogP contribution in [0.5, 0.6) is 0 Å². The first kappa shape index (κ1) is 17.5. The topological polar surface area (TPSA) is 29.5 Å². The Kier molecular flexibility index (Phi) is 5.91. The van der Waals surface area contributed by atoms with E-state index in [0.717, 1.165) is 17.7 Å². The number of ether oxygens (including phenoxy) is 1. The monoisotopic (exact) mass is 329 g/mol. The SMILES string of the molecule is C#CC(Cc1ccc(F)cc1F)N(C)C(=O)OCc1ccccc1. The number of benzene rings is 2. The van der Waals surface area contributed by atoms with Gasteiger partial charge in [0.2, 0.25) is 0 Å². The molecule has 5 heteroatoms. The highest BCUT2D eigenvalue weighted by Gasteiger charge is 2.21. The fourth-order valence-corrected chi connectivity index (χ4v) is 2.15. The number of hydrogen-bond donors (Lipinski definition) is 0. The minimum atomic E-state index is -0.701. The molecule has 3 nitrogen and oxygen atoms in total. The quantitative estimate of drug-likeness (QED) is 0.782. The van der Waals surface area contributed by atoms with Gasteiger partial charge < -0.3 is 4.74 Å². The van der Waals surface area contributed by atoms with Crippen molar-refractivity contribution >= 4 is 6.09 Å². The van der Waals surface area contributed by atoms with E-state index in [1.54, 1.807) is 0 Å². The highest BCUT2D eigenvalue weighted by atomic mass is 19.1. The zero-order valence-electron chi connectivity index (χ0n) is 13.2. The zero-order chi connectivity index (χ0) is 17.5. The lowest BCUT2D eigenvalue weighted by Crippen LogP contribution is -2.38. The number of amides is 1. The average Bonchev–Trinajstić information content (AvgIpc) is 2.59. The van der Waals surface area contributed by atoms with Crippen molar-refractivity contribution < 1.29 is 18.3 Å². The second kappa shape index (κ2) is 8.11. The molecule has 0 aliphatic heterocycles. The Labute approximate surface area is 139 Å². The molecule has 0 saturated heterocycles. The average molecular weight is 329 g/mol. The van der Waals surface area contributed by atoms with Gasteiger partial charge in [0.15, 0.2) is 0 Å². The Balaban J connectivity index is 1.98. The fourth-order valence-electron chi connectivity index (χ4n) is 2.15. The molecular weight excluding hydrogens is 312 g/mol. The van der Waals surface area contributed by atoms with Crippen LogP contribution in [0.2, 0.25) is 0 Å². The highest BCUT2D eigenvalue weighted by Crippen LogP contribution is 2.14. The molecule has 0 aromatic heterocycles. The van der Waals surface area contributed by atoms with Gasteiger partial charge >= 0.3 is 6.09 Å². The largest absolute Gasteiger partial charge is 0.445 e. The van der Waals surface area contributed by atoms with E-state index in [1.807, 2.05) is 30.3 Å². The van der Waals surface area contributed by atoms with Crippen molar-refractivity contribution in [2.45, 2.75) is 19.1 Å². The van der Waals surface area contributed by atoms with Gasteiger partial charge in [-0.05, 0) is 17.2 Å². The fraction of sp³-hybridized carbons (Fsp3) is 0.211. The lowest BCUT2D eigenvalue weighted by atomic mass is 10.1. The Hall–Kier alpha value is -2.87. The summed E-state index contributed by atoms with van der Waals surface area (Å²) in [5.41, 5.74) is 1.09. The van der Waals surface area contributed by atoms with Gasteiger partial charge in [-0.1, -0.05) is 42.3 Å². The van der Waals surface area contributed by atoms with Crippen LogP contribution < -0.4 is 0 Å². The molecule has 1 atom stereocenters. The van der Waals surface area contributed by atoms with Crippen LogP contribution in [0.25, 0.3) is 0 Å². The van der Waals surface area contributed by atoms with Crippen LogP contribution in [0.3, 0.4) is 0 Å². The number of terminal acetylenes is 1. The lowest BCUT2D eigenvalue weighted by molar-refractivity contribution is 0.0981. The maximum absolute atomic E-state index is 13.7. The number of carbonyl (C=O) groups is 1. The van der Waals surface area contributed by atoms with Gasteiger partial charge in [0, 0.05) is 19.5 Å². The van der Waals surface area contributed by atoms with Gasteiger partial charge in [-0.25, -0.2) is 13.6 Å². The molecule has 0 spiro atoms. The van der Waals surface area contributed by atoms with Crippen molar-refractivity contribution in [3.05, 3.63) is 71.3 Å². The standard InChI is InChI=1S/C19H17F2NO2/c1-3-17(11-15-9-10-16(20)12-18(15)21)22(2)19(23)24-13-14-7-5-4-6-8-14/h1,4-10,12,17H,11,13H2,2H3. The van der Waals surface area contributed by atoms with Gasteiger partial charge in [0.25, 0.3) is 0 Å². The predicted octanol–water partition coefficient (Wildman–Crippen LogP) is 3.78. The van der Waals surface area contributed by atoms with Crippen LogP contribution >= 0.6 is 0 Å². The molecule has 0 heterocycles. The third-order valence-electron chi connectivity index (χ3n) is 3.58. The number of hydrogen-bond acceptors (Lipinski definition) is 2. The summed E-state index contributed by atoms with van der Waals surface area (Å²) in [6, 6.07) is 11.8. The summed E-state index contributed by atoms with van der Waals surface area (Å²) in [6.07, 6.45) is 4.91. The molecule has 0 N–H and O–H groups in total. The molecule has 0 radical (unpaired) electrons. The van der Waals surface area contributed by atoms with Gasteiger partial charge in [-0.15, -0.1) is 6.42 Å². The number of nitrogens with zero attached hydrogens (tertiary/aromatic N) is 1. The maximum atomic E-state index is 13.7. The molecule has 2 aromatic carbocycles. The molecule has 0 aliphatic rings. The van der Waals surface area contributed by atoms with Gasteiger partial charge in [0.05, 0.1) is 6.04 Å². The Morgan fingerprint density at radius 2 is 1.96 bits per heavy atom. The van der Waals surface area contributed by atoms with Crippen LogP contribution in [0.4, 0.5) is 13.6 Å². The summed E-state index contributed by atoms with van der Waals surface area (Å²) < 4.78 is 31.9. The van der Waals surface area contributed by atoms with E-state index in [4.69, 9.17) is 11.2 Å². The number of carbonyl (C=O) groups excluding carboxylic acids is 1. The molecule has 0 fully saturated rings. The number of rotatable bonds is 5. The minimum absolute atomic E-state index is 0.0690. The molecule has 2 rings (SSSR count). The van der Waals surface area contributed by atoms with Crippen LogP contribution in [-0.2, 0) is 17.8 Å². The van der Waals surface area contributed by atoms with Gasteiger partial charge in [0.1, 0.15) is 18.2 Å². The van der Waals surface area contributed by atoms with E-state index in [2.05, 4.69) is 5.92 Å². The van der Waals surface area contributed by atoms with Crippen molar-refractivity contribution in [1.29, 1.82) is 0 Å². The normalized spacial score (nSPS) is 11.4. The second-order valence-corrected chi connectivity index (χ2v) is 5.27. The van der Waals surface area contributed by atoms with Crippen molar-refractivity contribution in [3.63, 3.8) is 0 Å². The second-order valence-electron chi connectivity index (χ2n) is 5.27. The third kappa shape index (κ3) is 4.56. The molecule has 1 amide bonds. The summed E-state index contributed by atoms with van der Waals surface area (Å²) in [7, 11) is 1.49. The van der Waals surface area contributed by atoms with Crippen molar-refractivity contribution in [2.75, 3.05) is 7.05 Å². The van der Waals surface area contributed by atoms with Crippen LogP contribution in [-0.4, -0.2) is 24.1 Å². The molecule has 0 bridgehead atoms. The van der Waals surface area contributed by atoms with E-state index in [-0.39, 0.29) is 18.6 Å². The maximum Gasteiger partial charge on any atom is 0.410 e. The summed E-state index contributed by atoms with van der Waals surface area (Å²) in [5, 5.41) is 0. The number of likely N-dealkylation sites (N-methyl/N-ethyl adjacent to an activating group) is 1. The summed E-state index contributed by atoms with van der Waals surface area (Å²) in [6.45, 7) is 0.117. The Morgan fingerprint density at radius 3 is 2.58 bits per heavy atom. The molecule has 24 heavy (non-hydrogen) atoms. The smallest absolute Gasteiger partial charge is 0.410 e. The van der Waals surface area contributed by atoms with Crippen molar-refractivity contribution in [1.82, 2.24) is 4.90 Å². The van der Waals surface area contributed by atoms with Crippen molar-refractivity contribution in [2.24, 2.45) is 0 Å². The van der Waals surface area contributed by atoms with Crippen LogP contribution in [0, 0.1) is 24.0 Å². The number of halogens is 2. The molecule has 0 aliphatic carbocycles. The zero-order valence-corrected chi connectivity index (χ0v) is 13.2.